The summed E-state index contributed by atoms with van der Waals surface area (Å²) in [5, 5.41) is 4.23. The van der Waals surface area contributed by atoms with Crippen molar-refractivity contribution in [3.05, 3.63) is 41.4 Å². The van der Waals surface area contributed by atoms with Crippen LogP contribution in [0.2, 0.25) is 0 Å². The summed E-state index contributed by atoms with van der Waals surface area (Å²) in [7, 11) is 2.12. The van der Waals surface area contributed by atoms with Gasteiger partial charge in [-0.2, -0.15) is 4.98 Å². The molecule has 2 unspecified atom stereocenters. The van der Waals surface area contributed by atoms with Crippen molar-refractivity contribution in [1.29, 1.82) is 0 Å². The average Bonchev–Trinajstić information content (AvgIpc) is 3.03. The molecule has 0 spiro atoms. The predicted octanol–water partition coefficient (Wildman–Crippen LogP) is 1.20. The van der Waals surface area contributed by atoms with Gasteiger partial charge in [0.2, 0.25) is 0 Å². The van der Waals surface area contributed by atoms with E-state index in [-0.39, 0.29) is 0 Å². The Hall–Kier alpha value is -2.20. The summed E-state index contributed by atoms with van der Waals surface area (Å²) in [4.78, 5) is 19.7. The van der Waals surface area contributed by atoms with Gasteiger partial charge in [0.1, 0.15) is 17.7 Å². The van der Waals surface area contributed by atoms with Crippen LogP contribution in [0.15, 0.2) is 30.7 Å². The van der Waals surface area contributed by atoms with Crippen LogP contribution in [-0.4, -0.2) is 64.2 Å². The second-order valence-electron chi connectivity index (χ2n) is 6.64. The Morgan fingerprint density at radius 1 is 1.37 bits per heavy atom. The van der Waals surface area contributed by atoms with Gasteiger partial charge < -0.3 is 15.8 Å². The maximum absolute atomic E-state index is 6.39. The van der Waals surface area contributed by atoms with E-state index in [1.807, 2.05) is 6.07 Å². The second kappa shape index (κ2) is 8.22. The molecule has 3 aromatic heterocycles. The van der Waals surface area contributed by atoms with Crippen LogP contribution in [0.25, 0.3) is 10.2 Å². The summed E-state index contributed by atoms with van der Waals surface area (Å²) in [5.41, 5.74) is 7.94. The van der Waals surface area contributed by atoms with E-state index in [0.717, 1.165) is 41.3 Å². The third-order valence-corrected chi connectivity index (χ3v) is 5.84. The topological polar surface area (TPSA) is 102 Å². The standard InChI is InChI=1S/C18H23N7OS/c1-25-8-2-5-20-9-12(25)11-26-18-22-7-3-13(24-18)16(19)17-23-14-10-21-6-4-15(14)27-17/h3-4,6-7,10,12,16,20H,2,5,8-9,11,19H2,1H3. The van der Waals surface area contributed by atoms with E-state index in [1.165, 1.54) is 0 Å². The van der Waals surface area contributed by atoms with Crippen LogP contribution in [0.1, 0.15) is 23.2 Å². The number of nitrogens with two attached hydrogens (primary N) is 1. The molecule has 4 rings (SSSR count). The normalized spacial score (nSPS) is 19.7. The lowest BCUT2D eigenvalue weighted by Gasteiger charge is -2.24. The van der Waals surface area contributed by atoms with Gasteiger partial charge in [0.15, 0.2) is 0 Å². The van der Waals surface area contributed by atoms with Crippen LogP contribution < -0.4 is 15.8 Å². The van der Waals surface area contributed by atoms with Gasteiger partial charge in [0.05, 0.1) is 28.1 Å². The number of hydrogen-bond donors (Lipinski definition) is 2. The maximum atomic E-state index is 6.39. The molecule has 0 aliphatic carbocycles. The van der Waals surface area contributed by atoms with Crippen molar-refractivity contribution in [1.82, 2.24) is 30.2 Å². The highest BCUT2D eigenvalue weighted by molar-refractivity contribution is 7.18. The zero-order valence-electron chi connectivity index (χ0n) is 15.2. The van der Waals surface area contributed by atoms with Crippen LogP contribution in [0.4, 0.5) is 0 Å². The van der Waals surface area contributed by atoms with Gasteiger partial charge in [0.25, 0.3) is 0 Å². The van der Waals surface area contributed by atoms with Crippen LogP contribution in [0, 0.1) is 0 Å². The fraction of sp³-hybridized carbons (Fsp3) is 0.444. The maximum Gasteiger partial charge on any atom is 0.316 e. The Bertz CT molecular complexity index is 869. The van der Waals surface area contributed by atoms with Crippen LogP contribution in [-0.2, 0) is 0 Å². The van der Waals surface area contributed by atoms with E-state index in [1.54, 1.807) is 36.0 Å². The van der Waals surface area contributed by atoms with Gasteiger partial charge >= 0.3 is 6.01 Å². The van der Waals surface area contributed by atoms with Crippen LogP contribution in [0.5, 0.6) is 6.01 Å². The number of hydrogen-bond acceptors (Lipinski definition) is 9. The summed E-state index contributed by atoms with van der Waals surface area (Å²) in [6, 6.07) is 3.97. The molecule has 0 amide bonds. The first-order valence-electron chi connectivity index (χ1n) is 9.03. The molecule has 9 heteroatoms. The lowest BCUT2D eigenvalue weighted by Crippen LogP contribution is -2.41. The number of rotatable bonds is 5. The van der Waals surface area contributed by atoms with Crippen molar-refractivity contribution in [2.24, 2.45) is 5.73 Å². The van der Waals surface area contributed by atoms with Crippen molar-refractivity contribution in [3.63, 3.8) is 0 Å². The predicted molar refractivity (Wildman–Crippen MR) is 105 cm³/mol. The number of pyridine rings is 1. The smallest absolute Gasteiger partial charge is 0.316 e. The third kappa shape index (κ3) is 4.22. The number of nitrogens with one attached hydrogen (secondary N) is 1. The molecule has 8 nitrogen and oxygen atoms in total. The first-order chi connectivity index (χ1) is 13.2. The minimum Gasteiger partial charge on any atom is -0.462 e. The summed E-state index contributed by atoms with van der Waals surface area (Å²) >= 11 is 1.55. The molecule has 3 N–H and O–H groups in total. The summed E-state index contributed by atoms with van der Waals surface area (Å²) in [5.74, 6) is 0. The summed E-state index contributed by atoms with van der Waals surface area (Å²) < 4.78 is 6.93. The zero-order chi connectivity index (χ0) is 18.6. The number of thiazole rings is 1. The lowest BCUT2D eigenvalue weighted by molar-refractivity contribution is 0.162. The highest BCUT2D eigenvalue weighted by atomic mass is 32.1. The molecule has 0 saturated carbocycles. The molecule has 0 aromatic carbocycles. The lowest BCUT2D eigenvalue weighted by atomic mass is 10.2. The van der Waals surface area contributed by atoms with Crippen molar-refractivity contribution < 1.29 is 4.74 Å². The van der Waals surface area contributed by atoms with E-state index >= 15 is 0 Å². The highest BCUT2D eigenvalue weighted by Crippen LogP contribution is 2.27. The van der Waals surface area contributed by atoms with Gasteiger partial charge in [-0.15, -0.1) is 11.3 Å². The molecule has 1 fully saturated rings. The van der Waals surface area contributed by atoms with E-state index in [2.05, 4.69) is 37.2 Å². The van der Waals surface area contributed by atoms with Gasteiger partial charge in [-0.25, -0.2) is 9.97 Å². The number of likely N-dealkylation sites (N-methyl/N-ethyl adjacent to an activating group) is 1. The Labute approximate surface area is 161 Å². The molecule has 27 heavy (non-hydrogen) atoms. The molecule has 0 bridgehead atoms. The quantitative estimate of drug-likeness (QED) is 0.676. The van der Waals surface area contributed by atoms with E-state index in [4.69, 9.17) is 10.5 Å². The molecule has 2 atom stereocenters. The van der Waals surface area contributed by atoms with Crippen molar-refractivity contribution >= 4 is 21.6 Å². The monoisotopic (exact) mass is 385 g/mol. The zero-order valence-corrected chi connectivity index (χ0v) is 16.0. The van der Waals surface area contributed by atoms with Crippen LogP contribution >= 0.6 is 11.3 Å². The number of nitrogens with zero attached hydrogens (tertiary/aromatic N) is 5. The third-order valence-electron chi connectivity index (χ3n) is 4.72. The van der Waals surface area contributed by atoms with Crippen molar-refractivity contribution in [3.8, 4) is 6.01 Å². The largest absolute Gasteiger partial charge is 0.462 e. The molecule has 142 valence electrons. The molecule has 1 saturated heterocycles. The first kappa shape index (κ1) is 18.2. The fourth-order valence-corrected chi connectivity index (χ4v) is 4.02. The highest BCUT2D eigenvalue weighted by Gasteiger charge is 2.20. The molecule has 1 aliphatic heterocycles. The van der Waals surface area contributed by atoms with E-state index < -0.39 is 6.04 Å². The van der Waals surface area contributed by atoms with Gasteiger partial charge in [-0.05, 0) is 38.7 Å². The summed E-state index contributed by atoms with van der Waals surface area (Å²) in [6.07, 6.45) is 6.33. The fourth-order valence-electron chi connectivity index (χ4n) is 3.07. The molecule has 3 aromatic rings. The Morgan fingerprint density at radius 2 is 2.30 bits per heavy atom. The summed E-state index contributed by atoms with van der Waals surface area (Å²) in [6.45, 7) is 3.53. The molecule has 1 aliphatic rings. The number of aromatic nitrogens is 4. The first-order valence-corrected chi connectivity index (χ1v) is 9.85. The average molecular weight is 385 g/mol. The molecular formula is C18H23N7OS. The number of ether oxygens (including phenoxy) is 1. The van der Waals surface area contributed by atoms with Gasteiger partial charge in [-0.3, -0.25) is 9.88 Å². The van der Waals surface area contributed by atoms with Crippen molar-refractivity contribution in [2.75, 3.05) is 33.3 Å². The second-order valence-corrected chi connectivity index (χ2v) is 7.70. The van der Waals surface area contributed by atoms with E-state index in [0.29, 0.717) is 24.4 Å². The number of fused-ring (bicyclic) bond motifs is 1. The minimum absolute atomic E-state index is 0.296. The minimum atomic E-state index is -0.421. The van der Waals surface area contributed by atoms with Crippen LogP contribution in [0.3, 0.4) is 0 Å². The van der Waals surface area contributed by atoms with E-state index in [9.17, 15) is 0 Å². The van der Waals surface area contributed by atoms with Crippen molar-refractivity contribution in [2.45, 2.75) is 18.5 Å². The Kier molecular flexibility index (Phi) is 5.53. The Balaban J connectivity index is 1.46. The SMILES string of the molecule is CN1CCCNCC1COc1nccc(C(N)c2nc3cnccc3s2)n1. The van der Waals surface area contributed by atoms with Gasteiger partial charge in [-0.1, -0.05) is 0 Å². The molecular weight excluding hydrogens is 362 g/mol. The van der Waals surface area contributed by atoms with Gasteiger partial charge in [0, 0.05) is 18.9 Å². The molecule has 0 radical (unpaired) electrons. The Morgan fingerprint density at radius 3 is 3.19 bits per heavy atom. The molecule has 4 heterocycles.